The van der Waals surface area contributed by atoms with Gasteiger partial charge in [-0.1, -0.05) is 12.1 Å². The van der Waals surface area contributed by atoms with Gasteiger partial charge in [0.05, 0.1) is 17.8 Å². The van der Waals surface area contributed by atoms with Gasteiger partial charge in [-0.05, 0) is 31.5 Å². The summed E-state index contributed by atoms with van der Waals surface area (Å²) in [6, 6.07) is 8.16. The van der Waals surface area contributed by atoms with Crippen molar-refractivity contribution in [1.82, 2.24) is 19.4 Å². The molecule has 0 aliphatic carbocycles. The molecule has 0 saturated carbocycles. The first-order chi connectivity index (χ1) is 12.0. The Morgan fingerprint density at radius 1 is 1.12 bits per heavy atom. The van der Waals surface area contributed by atoms with Crippen molar-refractivity contribution in [1.29, 1.82) is 0 Å². The van der Waals surface area contributed by atoms with Crippen LogP contribution in [0.25, 0.3) is 22.0 Å². The first kappa shape index (κ1) is 15.8. The van der Waals surface area contributed by atoms with Gasteiger partial charge in [-0.15, -0.1) is 0 Å². The van der Waals surface area contributed by atoms with E-state index in [2.05, 4.69) is 36.9 Å². The molecule has 6 heteroatoms. The van der Waals surface area contributed by atoms with Crippen LogP contribution in [0, 0.1) is 12.8 Å². The van der Waals surface area contributed by atoms with Crippen molar-refractivity contribution >= 4 is 22.5 Å². The summed E-state index contributed by atoms with van der Waals surface area (Å²) in [6.07, 6.45) is 3.68. The van der Waals surface area contributed by atoms with Gasteiger partial charge in [0.25, 0.3) is 0 Å². The summed E-state index contributed by atoms with van der Waals surface area (Å²) >= 11 is 0. The van der Waals surface area contributed by atoms with Gasteiger partial charge in [0.1, 0.15) is 11.6 Å². The van der Waals surface area contributed by atoms with Gasteiger partial charge in [-0.3, -0.25) is 4.79 Å². The number of aryl methyl sites for hydroxylation is 1. The number of carbonyl (C=O) groups excluding carboxylic acids is 1. The van der Waals surface area contributed by atoms with Crippen LogP contribution in [0.1, 0.15) is 5.82 Å². The number of pyridine rings is 1. The molecule has 128 valence electrons. The lowest BCUT2D eigenvalue weighted by atomic mass is 10.0. The number of anilines is 1. The Labute approximate surface area is 146 Å². The number of nitrogens with one attached hydrogen (secondary N) is 1. The van der Waals surface area contributed by atoms with Crippen molar-refractivity contribution in [3.05, 3.63) is 42.5 Å². The smallest absolute Gasteiger partial charge is 0.231 e. The van der Waals surface area contributed by atoms with Crippen LogP contribution < -0.4 is 5.32 Å². The van der Waals surface area contributed by atoms with E-state index in [4.69, 9.17) is 0 Å². The van der Waals surface area contributed by atoms with Crippen LogP contribution in [0.3, 0.4) is 0 Å². The SMILES string of the molecule is Cc1ncc(-c2ccc3cnc(NC(=O)C4CN(C)C4)cc3c2)n1C. The highest BCUT2D eigenvalue weighted by molar-refractivity contribution is 5.95. The van der Waals surface area contributed by atoms with E-state index in [0.717, 1.165) is 40.9 Å². The molecule has 1 aromatic carbocycles. The van der Waals surface area contributed by atoms with Crippen LogP contribution in [0.2, 0.25) is 0 Å². The highest BCUT2D eigenvalue weighted by Crippen LogP contribution is 2.26. The van der Waals surface area contributed by atoms with E-state index in [-0.39, 0.29) is 11.8 Å². The highest BCUT2D eigenvalue weighted by Gasteiger charge is 2.30. The highest BCUT2D eigenvalue weighted by atomic mass is 16.2. The van der Waals surface area contributed by atoms with E-state index in [9.17, 15) is 4.79 Å². The third-order valence-corrected chi connectivity index (χ3v) is 4.92. The predicted molar refractivity (Wildman–Crippen MR) is 98.3 cm³/mol. The Balaban J connectivity index is 1.63. The van der Waals surface area contributed by atoms with Gasteiger partial charge < -0.3 is 14.8 Å². The van der Waals surface area contributed by atoms with Crippen molar-refractivity contribution in [2.24, 2.45) is 13.0 Å². The van der Waals surface area contributed by atoms with Crippen molar-refractivity contribution in [3.8, 4) is 11.3 Å². The number of fused-ring (bicyclic) bond motifs is 1. The van der Waals surface area contributed by atoms with E-state index >= 15 is 0 Å². The molecule has 3 heterocycles. The molecule has 1 amide bonds. The number of hydrogen-bond acceptors (Lipinski definition) is 4. The number of nitrogens with zero attached hydrogens (tertiary/aromatic N) is 4. The van der Waals surface area contributed by atoms with Gasteiger partial charge in [0.2, 0.25) is 5.91 Å². The summed E-state index contributed by atoms with van der Waals surface area (Å²) in [4.78, 5) is 23.1. The molecule has 1 aliphatic rings. The minimum Gasteiger partial charge on any atom is -0.331 e. The van der Waals surface area contributed by atoms with Crippen molar-refractivity contribution in [2.45, 2.75) is 6.92 Å². The third kappa shape index (κ3) is 2.89. The summed E-state index contributed by atoms with van der Waals surface area (Å²) in [5, 5.41) is 5.03. The zero-order valence-corrected chi connectivity index (χ0v) is 14.7. The fourth-order valence-electron chi connectivity index (χ4n) is 3.23. The van der Waals surface area contributed by atoms with E-state index < -0.39 is 0 Å². The van der Waals surface area contributed by atoms with Crippen LogP contribution in [-0.4, -0.2) is 45.5 Å². The summed E-state index contributed by atoms with van der Waals surface area (Å²) in [7, 11) is 4.02. The molecule has 0 unspecified atom stereocenters. The normalized spacial score (nSPS) is 15.3. The molecular formula is C19H21N5O. The number of hydrogen-bond donors (Lipinski definition) is 1. The van der Waals surface area contributed by atoms with Gasteiger partial charge in [0.15, 0.2) is 0 Å². The molecule has 0 atom stereocenters. The van der Waals surface area contributed by atoms with Crippen LogP contribution in [0.4, 0.5) is 5.82 Å². The molecule has 4 rings (SSSR count). The number of imidazole rings is 1. The first-order valence-corrected chi connectivity index (χ1v) is 8.39. The molecule has 1 aliphatic heterocycles. The standard InChI is InChI=1S/C19H21N5O/c1-12-20-9-17(24(12)3)13-4-5-14-8-21-18(7-15(14)6-13)22-19(25)16-10-23(2)11-16/h4-9,16H,10-11H2,1-3H3,(H,21,22,25). The predicted octanol–water partition coefficient (Wildman–Crippen LogP) is 2.44. The van der Waals surface area contributed by atoms with Crippen molar-refractivity contribution < 1.29 is 4.79 Å². The Morgan fingerprint density at radius 3 is 2.60 bits per heavy atom. The Bertz CT molecular complexity index is 956. The second-order valence-corrected chi connectivity index (χ2v) is 6.79. The molecule has 0 spiro atoms. The third-order valence-electron chi connectivity index (χ3n) is 4.92. The Morgan fingerprint density at radius 2 is 1.92 bits per heavy atom. The number of amides is 1. The van der Waals surface area contributed by atoms with Gasteiger partial charge in [-0.25, -0.2) is 9.97 Å². The average molecular weight is 335 g/mol. The zero-order chi connectivity index (χ0) is 17.6. The van der Waals surface area contributed by atoms with Gasteiger partial charge in [-0.2, -0.15) is 0 Å². The van der Waals surface area contributed by atoms with Gasteiger partial charge in [0, 0.05) is 37.3 Å². The molecule has 2 aromatic heterocycles. The monoisotopic (exact) mass is 335 g/mol. The topological polar surface area (TPSA) is 63.1 Å². The number of aromatic nitrogens is 3. The van der Waals surface area contributed by atoms with E-state index in [1.165, 1.54) is 0 Å². The lowest BCUT2D eigenvalue weighted by molar-refractivity contribution is -0.124. The Hall–Kier alpha value is -2.73. The fraction of sp³-hybridized carbons (Fsp3) is 0.316. The number of rotatable bonds is 3. The molecule has 1 N–H and O–H groups in total. The molecule has 1 fully saturated rings. The average Bonchev–Trinajstić information content (AvgIpc) is 2.90. The maximum atomic E-state index is 12.2. The first-order valence-electron chi connectivity index (χ1n) is 8.39. The van der Waals surface area contributed by atoms with Crippen LogP contribution in [-0.2, 0) is 11.8 Å². The summed E-state index contributed by atoms with van der Waals surface area (Å²) in [6.45, 7) is 3.60. The lowest BCUT2D eigenvalue weighted by Gasteiger charge is -2.34. The second-order valence-electron chi connectivity index (χ2n) is 6.79. The van der Waals surface area contributed by atoms with Crippen molar-refractivity contribution in [3.63, 3.8) is 0 Å². The number of benzene rings is 1. The minimum atomic E-state index is 0.0448. The molecule has 6 nitrogen and oxygen atoms in total. The quantitative estimate of drug-likeness (QED) is 0.798. The van der Waals surface area contributed by atoms with Crippen molar-refractivity contribution in [2.75, 3.05) is 25.5 Å². The molecule has 0 radical (unpaired) electrons. The Kier molecular flexibility index (Phi) is 3.77. The lowest BCUT2D eigenvalue weighted by Crippen LogP contribution is -2.49. The maximum Gasteiger partial charge on any atom is 0.231 e. The number of likely N-dealkylation sites (tertiary alicyclic amines) is 1. The molecule has 25 heavy (non-hydrogen) atoms. The van der Waals surface area contributed by atoms with Crippen LogP contribution in [0.15, 0.2) is 36.7 Å². The fourth-order valence-corrected chi connectivity index (χ4v) is 3.23. The van der Waals surface area contributed by atoms with Crippen LogP contribution >= 0.6 is 0 Å². The largest absolute Gasteiger partial charge is 0.331 e. The maximum absolute atomic E-state index is 12.2. The summed E-state index contributed by atoms with van der Waals surface area (Å²) in [5.74, 6) is 1.68. The summed E-state index contributed by atoms with van der Waals surface area (Å²) in [5.41, 5.74) is 2.17. The number of carbonyl (C=O) groups is 1. The summed E-state index contributed by atoms with van der Waals surface area (Å²) < 4.78 is 2.07. The zero-order valence-electron chi connectivity index (χ0n) is 14.7. The molecule has 3 aromatic rings. The molecular weight excluding hydrogens is 314 g/mol. The molecule has 1 saturated heterocycles. The van der Waals surface area contributed by atoms with Crippen LogP contribution in [0.5, 0.6) is 0 Å². The minimum absolute atomic E-state index is 0.0448. The van der Waals surface area contributed by atoms with E-state index in [0.29, 0.717) is 5.82 Å². The van der Waals surface area contributed by atoms with E-state index in [1.807, 2.05) is 39.3 Å². The molecule has 0 bridgehead atoms. The van der Waals surface area contributed by atoms with E-state index in [1.54, 1.807) is 6.20 Å². The van der Waals surface area contributed by atoms with Gasteiger partial charge >= 0.3 is 0 Å². The second kappa shape index (κ2) is 5.97.